The molecule has 0 spiro atoms. The average molecular weight is 276 g/mol. The van der Waals surface area contributed by atoms with E-state index in [-0.39, 0.29) is 5.82 Å². The van der Waals surface area contributed by atoms with Crippen LogP contribution in [-0.2, 0) is 6.42 Å². The van der Waals surface area contributed by atoms with E-state index in [1.165, 1.54) is 6.07 Å². The summed E-state index contributed by atoms with van der Waals surface area (Å²) in [6, 6.07) is 4.81. The molecule has 0 aliphatic heterocycles. The van der Waals surface area contributed by atoms with Crippen LogP contribution in [0.15, 0.2) is 29.4 Å². The van der Waals surface area contributed by atoms with Gasteiger partial charge < -0.3 is 15.6 Å². The zero-order valence-electron chi connectivity index (χ0n) is 12.0. The maximum Gasteiger partial charge on any atom is 0.190 e. The molecule has 0 atom stereocenters. The van der Waals surface area contributed by atoms with Crippen molar-refractivity contribution in [1.82, 2.24) is 15.6 Å². The van der Waals surface area contributed by atoms with Crippen molar-refractivity contribution < 1.29 is 4.39 Å². The maximum atomic E-state index is 13.3. The van der Waals surface area contributed by atoms with Crippen LogP contribution in [-0.4, -0.2) is 31.1 Å². The minimum atomic E-state index is -0.202. The van der Waals surface area contributed by atoms with E-state index in [9.17, 15) is 4.39 Å². The van der Waals surface area contributed by atoms with Gasteiger partial charge in [-0.05, 0) is 36.6 Å². The number of aromatic nitrogens is 1. The number of guanidine groups is 1. The quantitative estimate of drug-likeness (QED) is 0.580. The Kier molecular flexibility index (Phi) is 4.98. The van der Waals surface area contributed by atoms with Gasteiger partial charge in [-0.25, -0.2) is 4.39 Å². The summed E-state index contributed by atoms with van der Waals surface area (Å²) in [6.07, 6.45) is 3.81. The van der Waals surface area contributed by atoms with Gasteiger partial charge in [-0.1, -0.05) is 6.92 Å². The molecule has 3 N–H and O–H groups in total. The lowest BCUT2D eigenvalue weighted by Gasteiger charge is -2.10. The number of aliphatic imine (C=N–C) groups is 1. The summed E-state index contributed by atoms with van der Waals surface area (Å²) in [7, 11) is 1.76. The summed E-state index contributed by atoms with van der Waals surface area (Å²) >= 11 is 0. The van der Waals surface area contributed by atoms with Crippen molar-refractivity contribution >= 4 is 16.9 Å². The van der Waals surface area contributed by atoms with Crippen molar-refractivity contribution in [2.24, 2.45) is 4.99 Å². The number of nitrogens with one attached hydrogen (secondary N) is 3. The SMILES string of the molecule is CCCNC(=NC)NCCc1c[nH]c2ccc(F)cc12. The Morgan fingerprint density at radius 3 is 2.85 bits per heavy atom. The summed E-state index contributed by atoms with van der Waals surface area (Å²) in [5.41, 5.74) is 2.08. The molecule has 5 heteroatoms. The molecule has 0 saturated heterocycles. The number of hydrogen-bond donors (Lipinski definition) is 3. The molecule has 2 rings (SSSR count). The lowest BCUT2D eigenvalue weighted by Crippen LogP contribution is -2.38. The van der Waals surface area contributed by atoms with Crippen molar-refractivity contribution in [3.63, 3.8) is 0 Å². The number of fused-ring (bicyclic) bond motifs is 1. The zero-order chi connectivity index (χ0) is 14.4. The van der Waals surface area contributed by atoms with E-state index >= 15 is 0 Å². The second-order valence-electron chi connectivity index (χ2n) is 4.68. The van der Waals surface area contributed by atoms with Gasteiger partial charge in [0, 0.05) is 37.2 Å². The Balaban J connectivity index is 1.94. The standard InChI is InChI=1S/C15H21FN4/c1-3-7-18-15(17-2)19-8-6-11-10-20-14-5-4-12(16)9-13(11)14/h4-5,9-10,20H,3,6-8H2,1-2H3,(H2,17,18,19). The monoisotopic (exact) mass is 276 g/mol. The van der Waals surface area contributed by atoms with Crippen LogP contribution in [0, 0.1) is 5.82 Å². The first-order valence-electron chi connectivity index (χ1n) is 6.94. The minimum Gasteiger partial charge on any atom is -0.361 e. The fourth-order valence-corrected chi connectivity index (χ4v) is 2.14. The van der Waals surface area contributed by atoms with Crippen LogP contribution in [0.2, 0.25) is 0 Å². The zero-order valence-corrected chi connectivity index (χ0v) is 12.0. The highest BCUT2D eigenvalue weighted by atomic mass is 19.1. The first kappa shape index (κ1) is 14.4. The summed E-state index contributed by atoms with van der Waals surface area (Å²) in [5.74, 6) is 0.601. The summed E-state index contributed by atoms with van der Waals surface area (Å²) in [5, 5.41) is 7.42. The lowest BCUT2D eigenvalue weighted by molar-refractivity contribution is 0.629. The molecule has 0 fully saturated rings. The van der Waals surface area contributed by atoms with Crippen LogP contribution < -0.4 is 10.6 Å². The largest absolute Gasteiger partial charge is 0.361 e. The Bertz CT molecular complexity index is 589. The van der Waals surface area contributed by atoms with Gasteiger partial charge in [-0.3, -0.25) is 4.99 Å². The molecule has 1 heterocycles. The highest BCUT2D eigenvalue weighted by molar-refractivity contribution is 5.83. The highest BCUT2D eigenvalue weighted by Gasteiger charge is 2.05. The topological polar surface area (TPSA) is 52.2 Å². The number of nitrogens with zero attached hydrogens (tertiary/aromatic N) is 1. The summed E-state index contributed by atoms with van der Waals surface area (Å²) in [4.78, 5) is 7.31. The van der Waals surface area contributed by atoms with E-state index in [1.54, 1.807) is 19.2 Å². The molecule has 0 aliphatic carbocycles. The van der Waals surface area contributed by atoms with E-state index in [0.717, 1.165) is 48.4 Å². The number of rotatable bonds is 5. The van der Waals surface area contributed by atoms with Crippen molar-refractivity contribution in [3.8, 4) is 0 Å². The van der Waals surface area contributed by atoms with Crippen molar-refractivity contribution in [2.75, 3.05) is 20.1 Å². The Labute approximate surface area is 118 Å². The second-order valence-corrected chi connectivity index (χ2v) is 4.68. The average Bonchev–Trinajstić information content (AvgIpc) is 2.85. The normalized spacial score (nSPS) is 11.8. The van der Waals surface area contributed by atoms with E-state index in [2.05, 4.69) is 27.5 Å². The van der Waals surface area contributed by atoms with Crippen LogP contribution in [0.3, 0.4) is 0 Å². The van der Waals surface area contributed by atoms with Crippen molar-refractivity contribution in [2.45, 2.75) is 19.8 Å². The number of H-pyrrole nitrogens is 1. The number of halogens is 1. The third-order valence-corrected chi connectivity index (χ3v) is 3.18. The fourth-order valence-electron chi connectivity index (χ4n) is 2.14. The van der Waals surface area contributed by atoms with E-state index in [1.807, 2.05) is 6.20 Å². The molecule has 0 bridgehead atoms. The van der Waals surface area contributed by atoms with Gasteiger partial charge >= 0.3 is 0 Å². The molecule has 108 valence electrons. The number of hydrogen-bond acceptors (Lipinski definition) is 1. The highest BCUT2D eigenvalue weighted by Crippen LogP contribution is 2.19. The Morgan fingerprint density at radius 1 is 1.30 bits per heavy atom. The molecule has 4 nitrogen and oxygen atoms in total. The van der Waals surface area contributed by atoms with Crippen molar-refractivity contribution in [3.05, 3.63) is 35.8 Å². The van der Waals surface area contributed by atoms with E-state index < -0.39 is 0 Å². The molecule has 0 aliphatic rings. The predicted molar refractivity (Wildman–Crippen MR) is 81.6 cm³/mol. The van der Waals surface area contributed by atoms with Crippen molar-refractivity contribution in [1.29, 1.82) is 0 Å². The lowest BCUT2D eigenvalue weighted by atomic mass is 10.1. The molecule has 2 aromatic rings. The number of aromatic amines is 1. The Hall–Kier alpha value is -2.04. The molecule has 0 amide bonds. The first-order chi connectivity index (χ1) is 9.74. The minimum absolute atomic E-state index is 0.202. The van der Waals surface area contributed by atoms with E-state index in [0.29, 0.717) is 0 Å². The molecule has 0 saturated carbocycles. The molecular weight excluding hydrogens is 255 g/mol. The van der Waals surface area contributed by atoms with Crippen LogP contribution in [0.25, 0.3) is 10.9 Å². The van der Waals surface area contributed by atoms with Gasteiger partial charge in [-0.2, -0.15) is 0 Å². The predicted octanol–water partition coefficient (Wildman–Crippen LogP) is 2.42. The van der Waals surface area contributed by atoms with Crippen LogP contribution >= 0.6 is 0 Å². The summed E-state index contributed by atoms with van der Waals surface area (Å²) < 4.78 is 13.3. The second kappa shape index (κ2) is 6.93. The molecule has 1 aromatic heterocycles. The Morgan fingerprint density at radius 2 is 2.10 bits per heavy atom. The van der Waals surface area contributed by atoms with Crippen LogP contribution in [0.5, 0.6) is 0 Å². The molecular formula is C15H21FN4. The molecule has 20 heavy (non-hydrogen) atoms. The first-order valence-corrected chi connectivity index (χ1v) is 6.94. The van der Waals surface area contributed by atoms with Gasteiger partial charge in [0.05, 0.1) is 0 Å². The van der Waals surface area contributed by atoms with Gasteiger partial charge in [0.1, 0.15) is 5.82 Å². The smallest absolute Gasteiger partial charge is 0.190 e. The molecule has 0 unspecified atom stereocenters. The fraction of sp³-hybridized carbons (Fsp3) is 0.400. The van der Waals surface area contributed by atoms with E-state index in [4.69, 9.17) is 0 Å². The molecule has 1 aromatic carbocycles. The third-order valence-electron chi connectivity index (χ3n) is 3.18. The van der Waals surface area contributed by atoms with Gasteiger partial charge in [0.15, 0.2) is 5.96 Å². The maximum absolute atomic E-state index is 13.3. The summed E-state index contributed by atoms with van der Waals surface area (Å²) in [6.45, 7) is 3.77. The van der Waals surface area contributed by atoms with Gasteiger partial charge in [0.25, 0.3) is 0 Å². The van der Waals surface area contributed by atoms with Crippen LogP contribution in [0.4, 0.5) is 4.39 Å². The van der Waals surface area contributed by atoms with Crippen LogP contribution in [0.1, 0.15) is 18.9 Å². The van der Waals surface area contributed by atoms with Gasteiger partial charge in [0.2, 0.25) is 0 Å². The number of benzene rings is 1. The molecule has 0 radical (unpaired) electrons. The third kappa shape index (κ3) is 3.50. The van der Waals surface area contributed by atoms with Gasteiger partial charge in [-0.15, -0.1) is 0 Å².